The fourth-order valence-corrected chi connectivity index (χ4v) is 2.02. The van der Waals surface area contributed by atoms with Crippen molar-refractivity contribution < 1.29 is 9.47 Å². The largest absolute Gasteiger partial charge is 0.496 e. The molecule has 2 nitrogen and oxygen atoms in total. The Morgan fingerprint density at radius 3 is 2.12 bits per heavy atom. The summed E-state index contributed by atoms with van der Waals surface area (Å²) in [6.45, 7) is 6.01. The molecule has 16 heavy (non-hydrogen) atoms. The van der Waals surface area contributed by atoms with Crippen LogP contribution in [-0.4, -0.2) is 14.2 Å². The van der Waals surface area contributed by atoms with Gasteiger partial charge in [-0.2, -0.15) is 0 Å². The van der Waals surface area contributed by atoms with E-state index >= 15 is 0 Å². The van der Waals surface area contributed by atoms with E-state index in [1.54, 1.807) is 14.2 Å². The van der Waals surface area contributed by atoms with Gasteiger partial charge in [-0.25, -0.2) is 0 Å². The minimum atomic E-state index is -0.210. The number of hydrogen-bond acceptors (Lipinski definition) is 2. The Morgan fingerprint density at radius 1 is 1.31 bits per heavy atom. The zero-order valence-electron chi connectivity index (χ0n) is 10.1. The van der Waals surface area contributed by atoms with Crippen LogP contribution in [0.1, 0.15) is 18.9 Å². The topological polar surface area (TPSA) is 18.5 Å². The Morgan fingerprint density at radius 2 is 1.81 bits per heavy atom. The molecule has 1 rings (SSSR count). The Hall–Kier alpha value is -1.01. The molecule has 0 saturated heterocycles. The summed E-state index contributed by atoms with van der Waals surface area (Å²) in [6, 6.07) is 5.80. The van der Waals surface area contributed by atoms with Crippen molar-refractivity contribution in [1.82, 2.24) is 0 Å². The molecule has 0 aliphatic rings. The van der Waals surface area contributed by atoms with Crippen LogP contribution in [0.3, 0.4) is 0 Å². The van der Waals surface area contributed by atoms with E-state index in [0.29, 0.717) is 0 Å². The van der Waals surface area contributed by atoms with Gasteiger partial charge in [-0.05, 0) is 18.6 Å². The van der Waals surface area contributed by atoms with Crippen molar-refractivity contribution in [3.05, 3.63) is 36.4 Å². The second-order valence-corrected chi connectivity index (χ2v) is 4.67. The molecule has 2 unspecified atom stereocenters. The third-order valence-electron chi connectivity index (χ3n) is 2.84. The maximum atomic E-state index is 5.40. The highest BCUT2D eigenvalue weighted by Crippen LogP contribution is 2.46. The van der Waals surface area contributed by atoms with Crippen LogP contribution in [0.25, 0.3) is 0 Å². The van der Waals surface area contributed by atoms with Crippen molar-refractivity contribution in [2.45, 2.75) is 18.5 Å². The fraction of sp³-hybridized carbons (Fsp3) is 0.385. The molecule has 0 fully saturated rings. The van der Waals surface area contributed by atoms with Crippen molar-refractivity contribution in [2.24, 2.45) is 0 Å². The predicted octanol–water partition coefficient (Wildman–Crippen LogP) is 3.37. The Labute approximate surface area is 99.9 Å². The molecule has 0 spiro atoms. The van der Waals surface area contributed by atoms with Crippen LogP contribution in [0.15, 0.2) is 30.9 Å². The molecule has 0 amide bonds. The van der Waals surface area contributed by atoms with Crippen LogP contribution in [0.5, 0.6) is 11.5 Å². The van der Waals surface area contributed by atoms with Crippen LogP contribution in [0.2, 0.25) is 0 Å². The van der Waals surface area contributed by atoms with Crippen LogP contribution < -0.4 is 9.47 Å². The maximum Gasteiger partial charge on any atom is 0.126 e. The van der Waals surface area contributed by atoms with Crippen LogP contribution in [-0.2, 0) is 5.16 Å². The predicted molar refractivity (Wildman–Crippen MR) is 71.4 cm³/mol. The number of benzene rings is 1. The number of allylic oxidation sites excluding steroid dienone is 1. The average Bonchev–Trinajstić information content (AvgIpc) is 2.36. The summed E-state index contributed by atoms with van der Waals surface area (Å²) in [6.07, 6.45) is 2.83. The summed E-state index contributed by atoms with van der Waals surface area (Å²) in [5.74, 6) is 1.66. The Bertz CT molecular complexity index is 354. The van der Waals surface area contributed by atoms with E-state index in [1.807, 2.05) is 24.3 Å². The summed E-state index contributed by atoms with van der Waals surface area (Å²) in [7, 11) is 6.17. The lowest BCUT2D eigenvalue weighted by molar-refractivity contribution is 0.379. The zero-order valence-corrected chi connectivity index (χ0v) is 11.3. The summed E-state index contributed by atoms with van der Waals surface area (Å²) in [4.78, 5) is 0. The van der Waals surface area contributed by atoms with Crippen molar-refractivity contribution >= 4 is 9.24 Å². The van der Waals surface area contributed by atoms with E-state index in [1.165, 1.54) is 0 Å². The zero-order chi connectivity index (χ0) is 12.2. The van der Waals surface area contributed by atoms with Gasteiger partial charge in [0.15, 0.2) is 0 Å². The monoisotopic (exact) mass is 238 g/mol. The first-order valence-electron chi connectivity index (χ1n) is 5.27. The number of rotatable bonds is 5. The average molecular weight is 238 g/mol. The van der Waals surface area contributed by atoms with Gasteiger partial charge in [0.2, 0.25) is 0 Å². The van der Waals surface area contributed by atoms with Crippen LogP contribution in [0.4, 0.5) is 0 Å². The molecule has 0 aliphatic carbocycles. The molecule has 0 heterocycles. The molecule has 1 aromatic rings. The summed E-state index contributed by atoms with van der Waals surface area (Å²) >= 11 is 0. The third-order valence-corrected chi connectivity index (χ3v) is 3.78. The molecular formula is C13H19O2P. The van der Waals surface area contributed by atoms with Crippen molar-refractivity contribution in [2.75, 3.05) is 14.2 Å². The molecule has 2 atom stereocenters. The van der Waals surface area contributed by atoms with Gasteiger partial charge in [-0.15, -0.1) is 15.8 Å². The normalized spacial score (nSPS) is 14.0. The highest BCUT2D eigenvalue weighted by molar-refractivity contribution is 7.18. The van der Waals surface area contributed by atoms with E-state index < -0.39 is 0 Å². The Kier molecular flexibility index (Phi) is 4.37. The third kappa shape index (κ3) is 2.22. The van der Waals surface area contributed by atoms with Gasteiger partial charge in [0.25, 0.3) is 0 Å². The maximum absolute atomic E-state index is 5.40. The summed E-state index contributed by atoms with van der Waals surface area (Å²) in [5, 5.41) is -0.210. The van der Waals surface area contributed by atoms with E-state index in [2.05, 4.69) is 22.7 Å². The molecule has 0 saturated carbocycles. The van der Waals surface area contributed by atoms with Crippen molar-refractivity contribution in [1.29, 1.82) is 0 Å². The minimum Gasteiger partial charge on any atom is -0.496 e. The molecule has 3 heteroatoms. The molecule has 0 bridgehead atoms. The second-order valence-electron chi connectivity index (χ2n) is 3.64. The quantitative estimate of drug-likeness (QED) is 0.578. The van der Waals surface area contributed by atoms with E-state index in [4.69, 9.17) is 9.47 Å². The molecule has 88 valence electrons. The molecular weight excluding hydrogens is 219 g/mol. The van der Waals surface area contributed by atoms with E-state index in [-0.39, 0.29) is 5.16 Å². The number of methoxy groups -OCH3 is 2. The standard InChI is InChI=1S/C13H19O2P/c1-5-13(16,6-2)12-10(14-3)8-7-9-11(12)15-4/h5,7-9H,1,6,16H2,2-4H3. The van der Waals surface area contributed by atoms with Crippen molar-refractivity contribution in [3.63, 3.8) is 0 Å². The molecule has 1 aromatic carbocycles. The van der Waals surface area contributed by atoms with Gasteiger partial charge in [-0.3, -0.25) is 0 Å². The molecule has 0 N–H and O–H groups in total. The van der Waals surface area contributed by atoms with Crippen molar-refractivity contribution in [3.8, 4) is 11.5 Å². The lowest BCUT2D eigenvalue weighted by atomic mass is 9.93. The van der Waals surface area contributed by atoms with Crippen LogP contribution >= 0.6 is 9.24 Å². The minimum absolute atomic E-state index is 0.210. The first-order valence-corrected chi connectivity index (χ1v) is 5.84. The van der Waals surface area contributed by atoms with Gasteiger partial charge in [-0.1, -0.05) is 19.1 Å². The summed E-state index contributed by atoms with van der Waals surface area (Å²) < 4.78 is 10.8. The summed E-state index contributed by atoms with van der Waals surface area (Å²) in [5.41, 5.74) is 1.03. The fourth-order valence-electron chi connectivity index (χ4n) is 1.73. The SMILES string of the molecule is C=CC(P)(CC)c1c(OC)cccc1OC. The second kappa shape index (κ2) is 5.36. The van der Waals surface area contributed by atoms with E-state index in [0.717, 1.165) is 23.5 Å². The molecule has 0 aliphatic heterocycles. The lowest BCUT2D eigenvalue weighted by Gasteiger charge is -2.28. The number of hydrogen-bond donors (Lipinski definition) is 0. The molecule has 0 aromatic heterocycles. The van der Waals surface area contributed by atoms with Gasteiger partial charge < -0.3 is 9.47 Å². The smallest absolute Gasteiger partial charge is 0.126 e. The van der Waals surface area contributed by atoms with Gasteiger partial charge in [0.05, 0.1) is 14.2 Å². The van der Waals surface area contributed by atoms with Crippen LogP contribution in [0, 0.1) is 0 Å². The van der Waals surface area contributed by atoms with E-state index in [9.17, 15) is 0 Å². The number of ether oxygens (including phenoxy) is 2. The lowest BCUT2D eigenvalue weighted by Crippen LogP contribution is -2.15. The first kappa shape index (κ1) is 13.1. The van der Waals surface area contributed by atoms with Gasteiger partial charge in [0, 0.05) is 10.7 Å². The van der Waals surface area contributed by atoms with Gasteiger partial charge >= 0.3 is 0 Å². The highest BCUT2D eigenvalue weighted by Gasteiger charge is 2.28. The molecule has 0 radical (unpaired) electrons. The Balaban J connectivity index is 3.43. The first-order chi connectivity index (χ1) is 7.62. The van der Waals surface area contributed by atoms with Gasteiger partial charge in [0.1, 0.15) is 11.5 Å². The highest BCUT2D eigenvalue weighted by atomic mass is 31.0.